The second-order valence-electron chi connectivity index (χ2n) is 8.80. The van der Waals surface area contributed by atoms with Crippen LogP contribution in [-0.2, 0) is 6.42 Å². The standard InChI is InChI=1S/C31H41N/c1-7-9-10-13-28(18-16-24(3)12-8-2)19-20-29-14-11-15-30(23-29)27(6)32-31-21-17-25(4)26(5)22-31/h10-11,13-18,21-23,32H,6-9,12,19-20H2,1-5H3/b13-10+,24-16+,28-18+. The Hall–Kier alpha value is -2.80. The first-order valence-corrected chi connectivity index (χ1v) is 12.1. The highest BCUT2D eigenvalue weighted by Crippen LogP contribution is 2.22. The molecule has 0 atom stereocenters. The molecule has 2 aromatic rings. The van der Waals surface area contributed by atoms with Crippen LogP contribution < -0.4 is 5.32 Å². The molecule has 1 nitrogen and oxygen atoms in total. The van der Waals surface area contributed by atoms with Gasteiger partial charge in [-0.15, -0.1) is 0 Å². The first kappa shape index (κ1) is 25.5. The van der Waals surface area contributed by atoms with E-state index in [2.05, 4.69) is 113 Å². The van der Waals surface area contributed by atoms with Crippen LogP contribution >= 0.6 is 0 Å². The van der Waals surface area contributed by atoms with Crippen LogP contribution in [0.2, 0.25) is 0 Å². The first-order valence-electron chi connectivity index (χ1n) is 12.1. The van der Waals surface area contributed by atoms with Crippen molar-refractivity contribution < 1.29 is 0 Å². The lowest BCUT2D eigenvalue weighted by molar-refractivity contribution is 0.904. The van der Waals surface area contributed by atoms with Crippen molar-refractivity contribution in [1.29, 1.82) is 0 Å². The van der Waals surface area contributed by atoms with Crippen molar-refractivity contribution in [2.45, 2.75) is 73.1 Å². The van der Waals surface area contributed by atoms with Crippen molar-refractivity contribution in [3.05, 3.63) is 107 Å². The van der Waals surface area contributed by atoms with Crippen LogP contribution in [0.25, 0.3) is 5.70 Å². The quantitative estimate of drug-likeness (QED) is 0.333. The smallest absolute Gasteiger partial charge is 0.0387 e. The predicted molar refractivity (Wildman–Crippen MR) is 144 cm³/mol. The molecule has 0 unspecified atom stereocenters. The van der Waals surface area contributed by atoms with Gasteiger partial charge in [0.1, 0.15) is 0 Å². The topological polar surface area (TPSA) is 12.0 Å². The SMILES string of the molecule is C=C(Nc1ccc(C)c(C)c1)c1cccc(CCC(=C/C=C(\C)CCC)/C=C/CCC)c1. The summed E-state index contributed by atoms with van der Waals surface area (Å²) >= 11 is 0. The van der Waals surface area contributed by atoms with Gasteiger partial charge in [-0.1, -0.05) is 87.4 Å². The maximum absolute atomic E-state index is 4.28. The number of allylic oxidation sites excluding steroid dienone is 6. The fourth-order valence-corrected chi connectivity index (χ4v) is 3.62. The molecule has 0 aliphatic rings. The van der Waals surface area contributed by atoms with Crippen LogP contribution in [0.3, 0.4) is 0 Å². The van der Waals surface area contributed by atoms with E-state index >= 15 is 0 Å². The van der Waals surface area contributed by atoms with Crippen LogP contribution in [0, 0.1) is 13.8 Å². The van der Waals surface area contributed by atoms with Gasteiger partial charge in [-0.25, -0.2) is 0 Å². The number of hydrogen-bond donors (Lipinski definition) is 1. The summed E-state index contributed by atoms with van der Waals surface area (Å²) in [5.41, 5.74) is 9.95. The number of anilines is 1. The second kappa shape index (κ2) is 13.6. The highest BCUT2D eigenvalue weighted by atomic mass is 14.9. The second-order valence-corrected chi connectivity index (χ2v) is 8.80. The molecule has 0 bridgehead atoms. The number of aryl methyl sites for hydroxylation is 3. The van der Waals surface area contributed by atoms with E-state index in [1.54, 1.807) is 0 Å². The third kappa shape index (κ3) is 8.75. The Bertz CT molecular complexity index is 972. The van der Waals surface area contributed by atoms with E-state index in [0.717, 1.165) is 36.2 Å². The van der Waals surface area contributed by atoms with Crippen molar-refractivity contribution in [3.8, 4) is 0 Å². The number of nitrogens with one attached hydrogen (secondary N) is 1. The normalized spacial score (nSPS) is 12.4. The highest BCUT2D eigenvalue weighted by molar-refractivity contribution is 5.75. The van der Waals surface area contributed by atoms with Crippen LogP contribution in [0.4, 0.5) is 5.69 Å². The summed E-state index contributed by atoms with van der Waals surface area (Å²) in [5, 5.41) is 3.47. The molecule has 0 aliphatic heterocycles. The third-order valence-corrected chi connectivity index (χ3v) is 5.79. The summed E-state index contributed by atoms with van der Waals surface area (Å²) in [5.74, 6) is 0. The molecule has 0 fully saturated rings. The van der Waals surface area contributed by atoms with Gasteiger partial charge in [0, 0.05) is 11.4 Å². The molecule has 0 aromatic heterocycles. The highest BCUT2D eigenvalue weighted by Gasteiger charge is 2.04. The Morgan fingerprint density at radius 3 is 2.47 bits per heavy atom. The third-order valence-electron chi connectivity index (χ3n) is 5.79. The molecule has 32 heavy (non-hydrogen) atoms. The lowest BCUT2D eigenvalue weighted by Crippen LogP contribution is -1.99. The van der Waals surface area contributed by atoms with E-state index in [4.69, 9.17) is 0 Å². The van der Waals surface area contributed by atoms with E-state index in [1.807, 2.05) is 0 Å². The molecule has 0 spiro atoms. The molecular weight excluding hydrogens is 386 g/mol. The minimum absolute atomic E-state index is 0.937. The van der Waals surface area contributed by atoms with E-state index in [0.29, 0.717) is 0 Å². The summed E-state index contributed by atoms with van der Waals surface area (Å²) in [6.07, 6.45) is 16.0. The minimum Gasteiger partial charge on any atom is -0.356 e. The van der Waals surface area contributed by atoms with Crippen molar-refractivity contribution in [2.24, 2.45) is 0 Å². The molecule has 170 valence electrons. The van der Waals surface area contributed by atoms with Crippen molar-refractivity contribution >= 4 is 11.4 Å². The number of hydrogen-bond acceptors (Lipinski definition) is 1. The summed E-state index contributed by atoms with van der Waals surface area (Å²) in [7, 11) is 0. The van der Waals surface area contributed by atoms with Crippen LogP contribution in [0.1, 0.15) is 75.1 Å². The monoisotopic (exact) mass is 427 g/mol. The summed E-state index contributed by atoms with van der Waals surface area (Å²) in [4.78, 5) is 0. The number of rotatable bonds is 12. The molecule has 0 aliphatic carbocycles. The maximum atomic E-state index is 4.28. The van der Waals surface area contributed by atoms with Gasteiger partial charge in [0.2, 0.25) is 0 Å². The largest absolute Gasteiger partial charge is 0.356 e. The Kier molecular flexibility index (Phi) is 10.8. The van der Waals surface area contributed by atoms with Gasteiger partial charge in [-0.3, -0.25) is 0 Å². The average Bonchev–Trinajstić information content (AvgIpc) is 2.78. The van der Waals surface area contributed by atoms with Gasteiger partial charge in [-0.2, -0.15) is 0 Å². The number of unbranched alkanes of at least 4 members (excludes halogenated alkanes) is 1. The van der Waals surface area contributed by atoms with E-state index in [9.17, 15) is 0 Å². The average molecular weight is 428 g/mol. The molecule has 0 saturated heterocycles. The van der Waals surface area contributed by atoms with Crippen molar-refractivity contribution in [2.75, 3.05) is 5.32 Å². The molecule has 0 amide bonds. The minimum atomic E-state index is 0.937. The van der Waals surface area contributed by atoms with Gasteiger partial charge in [0.05, 0.1) is 0 Å². The van der Waals surface area contributed by atoms with E-state index < -0.39 is 0 Å². The lowest BCUT2D eigenvalue weighted by Gasteiger charge is -2.13. The van der Waals surface area contributed by atoms with E-state index in [1.165, 1.54) is 47.1 Å². The van der Waals surface area contributed by atoms with Gasteiger partial charge < -0.3 is 5.32 Å². The molecule has 0 saturated carbocycles. The van der Waals surface area contributed by atoms with Gasteiger partial charge in [0.15, 0.2) is 0 Å². The zero-order valence-electron chi connectivity index (χ0n) is 20.8. The molecule has 0 heterocycles. The Labute approximate surface area is 196 Å². The predicted octanol–water partition coefficient (Wildman–Crippen LogP) is 9.35. The summed E-state index contributed by atoms with van der Waals surface area (Å²) in [6, 6.07) is 15.2. The first-order chi connectivity index (χ1) is 15.4. The lowest BCUT2D eigenvalue weighted by atomic mass is 10.00. The Balaban J connectivity index is 2.08. The maximum Gasteiger partial charge on any atom is 0.0387 e. The number of benzene rings is 2. The molecule has 1 N–H and O–H groups in total. The van der Waals surface area contributed by atoms with Gasteiger partial charge in [0.25, 0.3) is 0 Å². The Morgan fingerprint density at radius 1 is 0.938 bits per heavy atom. The molecule has 1 heteroatoms. The fourth-order valence-electron chi connectivity index (χ4n) is 3.62. The van der Waals surface area contributed by atoms with Crippen LogP contribution in [0.15, 0.2) is 84.5 Å². The van der Waals surface area contributed by atoms with Gasteiger partial charge in [-0.05, 0) is 92.5 Å². The van der Waals surface area contributed by atoms with Gasteiger partial charge >= 0.3 is 0 Å². The summed E-state index contributed by atoms with van der Waals surface area (Å²) < 4.78 is 0. The molecular formula is C31H41N. The summed E-state index contributed by atoms with van der Waals surface area (Å²) in [6.45, 7) is 15.3. The van der Waals surface area contributed by atoms with Crippen molar-refractivity contribution in [3.63, 3.8) is 0 Å². The zero-order chi connectivity index (χ0) is 23.3. The van der Waals surface area contributed by atoms with Crippen LogP contribution in [-0.4, -0.2) is 0 Å². The van der Waals surface area contributed by atoms with E-state index in [-0.39, 0.29) is 0 Å². The molecule has 2 rings (SSSR count). The van der Waals surface area contributed by atoms with Crippen molar-refractivity contribution in [1.82, 2.24) is 0 Å². The Morgan fingerprint density at radius 2 is 1.75 bits per heavy atom. The zero-order valence-corrected chi connectivity index (χ0v) is 20.8. The molecule has 0 radical (unpaired) electrons. The molecule has 2 aromatic carbocycles. The van der Waals surface area contributed by atoms with Crippen LogP contribution in [0.5, 0.6) is 0 Å². The fraction of sp³-hybridized carbons (Fsp3) is 0.355.